The van der Waals surface area contributed by atoms with Gasteiger partial charge in [-0.2, -0.15) is 0 Å². The zero-order chi connectivity index (χ0) is 13.9. The number of halogens is 1. The van der Waals surface area contributed by atoms with E-state index in [4.69, 9.17) is 0 Å². The maximum Gasteiger partial charge on any atom is 0.309 e. The molecule has 1 aliphatic rings. The summed E-state index contributed by atoms with van der Waals surface area (Å²) in [5, 5.41) is 11.6. The monoisotopic (exact) mass is 345 g/mol. The fourth-order valence-electron chi connectivity index (χ4n) is 2.85. The largest absolute Gasteiger partial charge is 0.481 e. The number of nitrogens with zero attached hydrogens (tertiary/aromatic N) is 1. The van der Waals surface area contributed by atoms with Crippen molar-refractivity contribution < 1.29 is 9.90 Å². The summed E-state index contributed by atoms with van der Waals surface area (Å²) < 4.78 is 1.13. The molecule has 1 aliphatic heterocycles. The van der Waals surface area contributed by atoms with Gasteiger partial charge in [0.05, 0.1) is 5.41 Å². The number of carboxylic acids is 1. The summed E-state index contributed by atoms with van der Waals surface area (Å²) in [6, 6.07) is 2.15. The van der Waals surface area contributed by atoms with Crippen molar-refractivity contribution in [3.63, 3.8) is 0 Å². The summed E-state index contributed by atoms with van der Waals surface area (Å²) in [4.78, 5) is 15.2. The number of hydrogen-bond acceptors (Lipinski definition) is 3. The smallest absolute Gasteiger partial charge is 0.309 e. The Hall–Kier alpha value is -0.390. The lowest BCUT2D eigenvalue weighted by Gasteiger charge is -2.38. The molecule has 0 spiro atoms. The third-order valence-electron chi connectivity index (χ3n) is 4.00. The summed E-state index contributed by atoms with van der Waals surface area (Å²) in [7, 11) is 0. The topological polar surface area (TPSA) is 40.5 Å². The van der Waals surface area contributed by atoms with Gasteiger partial charge in [0.15, 0.2) is 0 Å². The molecule has 1 N–H and O–H groups in total. The molecule has 0 unspecified atom stereocenters. The van der Waals surface area contributed by atoms with Gasteiger partial charge in [0.25, 0.3) is 0 Å². The third kappa shape index (κ3) is 3.58. The van der Waals surface area contributed by atoms with Gasteiger partial charge in [-0.05, 0) is 54.3 Å². The van der Waals surface area contributed by atoms with E-state index in [2.05, 4.69) is 39.2 Å². The molecule has 19 heavy (non-hydrogen) atoms. The van der Waals surface area contributed by atoms with Crippen LogP contribution in [-0.2, 0) is 11.3 Å². The first kappa shape index (κ1) is 15.0. The predicted molar refractivity (Wildman–Crippen MR) is 81.5 cm³/mol. The summed E-state index contributed by atoms with van der Waals surface area (Å²) in [5.74, 6) is -0.604. The van der Waals surface area contributed by atoms with Crippen molar-refractivity contribution in [3.8, 4) is 0 Å². The Morgan fingerprint density at radius 2 is 2.21 bits per heavy atom. The Balaban J connectivity index is 1.92. The maximum atomic E-state index is 11.5. The highest BCUT2D eigenvalue weighted by Gasteiger charge is 2.40. The molecule has 0 aliphatic carbocycles. The van der Waals surface area contributed by atoms with Crippen molar-refractivity contribution >= 4 is 33.2 Å². The van der Waals surface area contributed by atoms with Crippen LogP contribution >= 0.6 is 27.3 Å². The predicted octanol–water partition coefficient (Wildman–Crippen LogP) is 3.98. The molecule has 0 radical (unpaired) electrons. The first-order valence-electron chi connectivity index (χ1n) is 6.74. The molecular weight excluding hydrogens is 326 g/mol. The van der Waals surface area contributed by atoms with E-state index in [9.17, 15) is 9.90 Å². The van der Waals surface area contributed by atoms with Crippen molar-refractivity contribution in [2.24, 2.45) is 5.41 Å². The van der Waals surface area contributed by atoms with Crippen LogP contribution in [0.3, 0.4) is 0 Å². The molecule has 1 saturated heterocycles. The molecule has 2 rings (SSSR count). The van der Waals surface area contributed by atoms with Gasteiger partial charge < -0.3 is 5.11 Å². The Kier molecular flexibility index (Phi) is 5.03. The van der Waals surface area contributed by atoms with Gasteiger partial charge in [-0.15, -0.1) is 11.3 Å². The molecule has 5 heteroatoms. The minimum atomic E-state index is -0.604. The number of carboxylic acid groups (broad SMARTS) is 1. The Bertz CT molecular complexity index is 438. The number of hydrogen-bond donors (Lipinski definition) is 1. The fourth-order valence-corrected chi connectivity index (χ4v) is 4.34. The van der Waals surface area contributed by atoms with E-state index in [1.165, 1.54) is 4.88 Å². The number of aliphatic carboxylic acids is 1. The van der Waals surface area contributed by atoms with Gasteiger partial charge in [0.2, 0.25) is 0 Å². The van der Waals surface area contributed by atoms with Crippen LogP contribution in [0.15, 0.2) is 15.9 Å². The third-order valence-corrected chi connectivity index (χ3v) is 5.68. The van der Waals surface area contributed by atoms with Crippen LogP contribution in [0.2, 0.25) is 0 Å². The van der Waals surface area contributed by atoms with E-state index in [0.29, 0.717) is 0 Å². The van der Waals surface area contributed by atoms with E-state index >= 15 is 0 Å². The summed E-state index contributed by atoms with van der Waals surface area (Å²) in [6.45, 7) is 4.79. The Morgan fingerprint density at radius 3 is 2.68 bits per heavy atom. The lowest BCUT2D eigenvalue weighted by atomic mass is 9.75. The lowest BCUT2D eigenvalue weighted by molar-refractivity contribution is -0.152. The highest BCUT2D eigenvalue weighted by Crippen LogP contribution is 2.37. The molecule has 1 aromatic heterocycles. The molecule has 3 nitrogen and oxygen atoms in total. The van der Waals surface area contributed by atoms with Crippen molar-refractivity contribution in [3.05, 3.63) is 20.8 Å². The minimum Gasteiger partial charge on any atom is -0.481 e. The van der Waals surface area contributed by atoms with E-state index in [1.807, 2.05) is 0 Å². The molecule has 2 heterocycles. The van der Waals surface area contributed by atoms with E-state index < -0.39 is 11.4 Å². The van der Waals surface area contributed by atoms with Crippen LogP contribution in [0.5, 0.6) is 0 Å². The number of rotatable bonds is 5. The molecule has 1 fully saturated rings. The fraction of sp³-hybridized carbons (Fsp3) is 0.643. The van der Waals surface area contributed by atoms with E-state index in [1.54, 1.807) is 11.3 Å². The van der Waals surface area contributed by atoms with Crippen LogP contribution in [0.1, 0.15) is 37.5 Å². The average Bonchev–Trinajstić information content (AvgIpc) is 2.77. The number of thiophene rings is 1. The lowest BCUT2D eigenvalue weighted by Crippen LogP contribution is -2.43. The second kappa shape index (κ2) is 6.37. The van der Waals surface area contributed by atoms with Gasteiger partial charge in [0.1, 0.15) is 0 Å². The standard InChI is InChI=1S/C14H20BrNO2S/c1-2-3-14(13(17)18)4-6-16(7-5-14)9-12-8-11(15)10-19-12/h8,10H,2-7,9H2,1H3,(H,17,18). The molecule has 1 aromatic rings. The highest BCUT2D eigenvalue weighted by molar-refractivity contribution is 9.10. The van der Waals surface area contributed by atoms with Gasteiger partial charge >= 0.3 is 5.97 Å². The quantitative estimate of drug-likeness (QED) is 0.877. The molecule has 0 saturated carbocycles. The summed E-state index contributed by atoms with van der Waals surface area (Å²) >= 11 is 5.22. The number of carbonyl (C=O) groups is 1. The first-order valence-corrected chi connectivity index (χ1v) is 8.42. The van der Waals surface area contributed by atoms with Crippen LogP contribution in [0.25, 0.3) is 0 Å². The van der Waals surface area contributed by atoms with Gasteiger partial charge in [-0.1, -0.05) is 13.3 Å². The zero-order valence-corrected chi connectivity index (χ0v) is 13.6. The number of piperidine rings is 1. The van der Waals surface area contributed by atoms with Crippen LogP contribution < -0.4 is 0 Å². The Labute approximate surface area is 126 Å². The summed E-state index contributed by atoms with van der Waals surface area (Å²) in [6.07, 6.45) is 3.32. The molecule has 0 atom stereocenters. The zero-order valence-electron chi connectivity index (χ0n) is 11.2. The van der Waals surface area contributed by atoms with Crippen LogP contribution in [-0.4, -0.2) is 29.1 Å². The number of likely N-dealkylation sites (tertiary alicyclic amines) is 1. The highest BCUT2D eigenvalue weighted by atomic mass is 79.9. The van der Waals surface area contributed by atoms with Crippen molar-refractivity contribution in [1.82, 2.24) is 4.90 Å². The maximum absolute atomic E-state index is 11.5. The van der Waals surface area contributed by atoms with Gasteiger partial charge in [-0.3, -0.25) is 9.69 Å². The summed E-state index contributed by atoms with van der Waals surface area (Å²) in [5.41, 5.74) is -0.471. The van der Waals surface area contributed by atoms with E-state index in [0.717, 1.165) is 49.8 Å². The molecule has 0 amide bonds. The molecule has 0 bridgehead atoms. The second-order valence-electron chi connectivity index (χ2n) is 5.34. The molecule has 0 aromatic carbocycles. The first-order chi connectivity index (χ1) is 9.05. The van der Waals surface area contributed by atoms with Crippen molar-refractivity contribution in [2.45, 2.75) is 39.2 Å². The van der Waals surface area contributed by atoms with Gasteiger partial charge in [0, 0.05) is 21.3 Å². The minimum absolute atomic E-state index is 0.471. The molecule has 106 valence electrons. The van der Waals surface area contributed by atoms with Crippen molar-refractivity contribution in [1.29, 1.82) is 0 Å². The Morgan fingerprint density at radius 1 is 1.53 bits per heavy atom. The normalized spacial score (nSPS) is 19.5. The van der Waals surface area contributed by atoms with Crippen LogP contribution in [0, 0.1) is 5.41 Å². The SMILES string of the molecule is CCCC1(C(=O)O)CCN(Cc2cc(Br)cs2)CC1. The van der Waals surface area contributed by atoms with Gasteiger partial charge in [-0.25, -0.2) is 0 Å². The van der Waals surface area contributed by atoms with Crippen molar-refractivity contribution in [2.75, 3.05) is 13.1 Å². The molecular formula is C14H20BrNO2S. The van der Waals surface area contributed by atoms with E-state index in [-0.39, 0.29) is 0 Å². The average molecular weight is 346 g/mol. The van der Waals surface area contributed by atoms with Crippen LogP contribution in [0.4, 0.5) is 0 Å². The second-order valence-corrected chi connectivity index (χ2v) is 7.25.